The summed E-state index contributed by atoms with van der Waals surface area (Å²) in [4.78, 5) is 2.20. The van der Waals surface area contributed by atoms with Gasteiger partial charge in [0, 0.05) is 19.1 Å². The lowest BCUT2D eigenvalue weighted by atomic mass is 9.88. The highest BCUT2D eigenvalue weighted by Gasteiger charge is 2.39. The number of rotatable bonds is 5. The van der Waals surface area contributed by atoms with Gasteiger partial charge in [-0.2, -0.15) is 0 Å². The van der Waals surface area contributed by atoms with Crippen LogP contribution in [0, 0.1) is 5.82 Å². The molecule has 0 amide bonds. The summed E-state index contributed by atoms with van der Waals surface area (Å²) >= 11 is 0. The van der Waals surface area contributed by atoms with Crippen molar-refractivity contribution in [3.8, 4) is 0 Å². The molecule has 2 aliphatic rings. The summed E-state index contributed by atoms with van der Waals surface area (Å²) in [6, 6.07) is 6.95. The molecule has 128 valence electrons. The second kappa shape index (κ2) is 6.49. The maximum Gasteiger partial charge on any atom is 0.150 e. The van der Waals surface area contributed by atoms with E-state index in [1.807, 2.05) is 6.07 Å². The van der Waals surface area contributed by atoms with Crippen LogP contribution >= 0.6 is 0 Å². The van der Waals surface area contributed by atoms with Crippen LogP contribution in [-0.2, 0) is 16.4 Å². The topological polar surface area (TPSA) is 57.6 Å². The van der Waals surface area contributed by atoms with E-state index >= 15 is 0 Å². The summed E-state index contributed by atoms with van der Waals surface area (Å²) < 4.78 is 36.6. The minimum Gasteiger partial charge on any atom is -0.388 e. The maximum atomic E-state index is 13.4. The van der Waals surface area contributed by atoms with Gasteiger partial charge in [0.25, 0.3) is 0 Å². The molecule has 1 aliphatic heterocycles. The molecule has 4 nitrogen and oxygen atoms in total. The number of benzene rings is 1. The molecule has 1 aliphatic carbocycles. The molecule has 3 rings (SSSR count). The van der Waals surface area contributed by atoms with E-state index in [0.29, 0.717) is 32.0 Å². The molecule has 0 aromatic heterocycles. The fourth-order valence-corrected chi connectivity index (χ4v) is 4.98. The largest absolute Gasteiger partial charge is 0.388 e. The van der Waals surface area contributed by atoms with Gasteiger partial charge in [0.15, 0.2) is 9.84 Å². The third-order valence-corrected chi connectivity index (χ3v) is 6.77. The predicted molar refractivity (Wildman–Crippen MR) is 87.3 cm³/mol. The van der Waals surface area contributed by atoms with E-state index < -0.39 is 15.4 Å². The minimum atomic E-state index is -2.99. The smallest absolute Gasteiger partial charge is 0.150 e. The van der Waals surface area contributed by atoms with Gasteiger partial charge in [0.05, 0.1) is 17.1 Å². The Bertz CT molecular complexity index is 644. The van der Waals surface area contributed by atoms with E-state index in [-0.39, 0.29) is 17.3 Å². The third kappa shape index (κ3) is 4.31. The summed E-state index contributed by atoms with van der Waals surface area (Å²) in [5, 5.41) is 10.8. The zero-order chi connectivity index (χ0) is 16.5. The molecule has 1 aromatic rings. The van der Waals surface area contributed by atoms with Gasteiger partial charge in [-0.3, -0.25) is 4.90 Å². The van der Waals surface area contributed by atoms with Crippen molar-refractivity contribution in [1.82, 2.24) is 4.90 Å². The minimum absolute atomic E-state index is 0.0575. The number of hydrogen-bond donors (Lipinski definition) is 1. The van der Waals surface area contributed by atoms with Crippen LogP contribution in [0.15, 0.2) is 24.3 Å². The first-order chi connectivity index (χ1) is 10.9. The predicted octanol–water partition coefficient (Wildman–Crippen LogP) is 2.12. The summed E-state index contributed by atoms with van der Waals surface area (Å²) in [5.74, 6) is -0.136. The lowest BCUT2D eigenvalue weighted by Crippen LogP contribution is -2.52. The van der Waals surface area contributed by atoms with E-state index in [0.717, 1.165) is 18.4 Å². The molecular weight excluding hydrogens is 317 g/mol. The summed E-state index contributed by atoms with van der Waals surface area (Å²) in [7, 11) is -2.99. The highest BCUT2D eigenvalue weighted by molar-refractivity contribution is 7.91. The Hall–Kier alpha value is -0.980. The molecule has 1 aromatic carbocycles. The highest BCUT2D eigenvalue weighted by atomic mass is 32.2. The van der Waals surface area contributed by atoms with Crippen LogP contribution in [0.1, 0.15) is 37.7 Å². The Kier molecular flexibility index (Phi) is 4.76. The lowest BCUT2D eigenvalue weighted by Gasteiger charge is -2.43. The van der Waals surface area contributed by atoms with Crippen LogP contribution in [0.4, 0.5) is 4.39 Å². The van der Waals surface area contributed by atoms with Crippen molar-refractivity contribution in [2.45, 2.75) is 50.3 Å². The maximum absolute atomic E-state index is 13.4. The summed E-state index contributed by atoms with van der Waals surface area (Å²) in [6.45, 7) is 1.06. The van der Waals surface area contributed by atoms with Crippen molar-refractivity contribution >= 4 is 9.84 Å². The second-order valence-corrected chi connectivity index (χ2v) is 9.30. The average molecular weight is 341 g/mol. The standard InChI is InChI=1S/C17H24FNO3S/c18-15-4-1-3-14(11-15)12-19(16-5-2-6-16)13-17(20)7-9-23(21,22)10-8-17/h1,3-4,11,16,20H,2,5-10,12-13H2. The number of sulfone groups is 1. The first-order valence-electron chi connectivity index (χ1n) is 8.27. The molecule has 6 heteroatoms. The lowest BCUT2D eigenvalue weighted by molar-refractivity contribution is -0.0303. The van der Waals surface area contributed by atoms with E-state index in [1.54, 1.807) is 6.07 Å². The van der Waals surface area contributed by atoms with E-state index in [4.69, 9.17) is 0 Å². The van der Waals surface area contributed by atoms with Crippen molar-refractivity contribution in [3.05, 3.63) is 35.6 Å². The van der Waals surface area contributed by atoms with Gasteiger partial charge < -0.3 is 5.11 Å². The SMILES string of the molecule is O=S1(=O)CCC(O)(CN(Cc2cccc(F)c2)C2CCC2)CC1. The van der Waals surface area contributed by atoms with Crippen molar-refractivity contribution in [2.75, 3.05) is 18.1 Å². The van der Waals surface area contributed by atoms with E-state index in [1.165, 1.54) is 18.6 Å². The summed E-state index contributed by atoms with van der Waals surface area (Å²) in [6.07, 6.45) is 3.94. The van der Waals surface area contributed by atoms with Gasteiger partial charge in [-0.25, -0.2) is 12.8 Å². The molecule has 1 N–H and O–H groups in total. The van der Waals surface area contributed by atoms with Gasteiger partial charge in [0.2, 0.25) is 0 Å². The van der Waals surface area contributed by atoms with Crippen LogP contribution in [0.3, 0.4) is 0 Å². The fraction of sp³-hybridized carbons (Fsp3) is 0.647. The number of aliphatic hydroxyl groups is 1. The van der Waals surface area contributed by atoms with Crippen LogP contribution < -0.4 is 0 Å². The normalized spacial score (nSPS) is 23.6. The molecular formula is C17H24FNO3S. The molecule has 23 heavy (non-hydrogen) atoms. The van der Waals surface area contributed by atoms with Gasteiger partial charge in [-0.1, -0.05) is 18.6 Å². The monoisotopic (exact) mass is 341 g/mol. The van der Waals surface area contributed by atoms with Crippen molar-refractivity contribution in [2.24, 2.45) is 0 Å². The van der Waals surface area contributed by atoms with E-state index in [2.05, 4.69) is 4.90 Å². The molecule has 2 fully saturated rings. The van der Waals surface area contributed by atoms with Crippen molar-refractivity contribution < 1.29 is 17.9 Å². The summed E-state index contributed by atoms with van der Waals surface area (Å²) in [5.41, 5.74) is -0.0576. The Morgan fingerprint density at radius 3 is 2.52 bits per heavy atom. The van der Waals surface area contributed by atoms with Crippen molar-refractivity contribution in [3.63, 3.8) is 0 Å². The van der Waals surface area contributed by atoms with Crippen LogP contribution in [0.5, 0.6) is 0 Å². The molecule has 0 atom stereocenters. The van der Waals surface area contributed by atoms with Gasteiger partial charge in [-0.05, 0) is 43.4 Å². The molecule has 1 saturated heterocycles. The first kappa shape index (κ1) is 16.9. The number of hydrogen-bond acceptors (Lipinski definition) is 4. The van der Waals surface area contributed by atoms with Crippen molar-refractivity contribution in [1.29, 1.82) is 0 Å². The highest BCUT2D eigenvalue weighted by Crippen LogP contribution is 2.31. The van der Waals surface area contributed by atoms with E-state index in [9.17, 15) is 17.9 Å². The zero-order valence-electron chi connectivity index (χ0n) is 13.2. The molecule has 0 spiro atoms. The fourth-order valence-electron chi connectivity index (χ4n) is 3.39. The second-order valence-electron chi connectivity index (χ2n) is 7.00. The first-order valence-corrected chi connectivity index (χ1v) is 10.1. The third-order valence-electron chi connectivity index (χ3n) is 5.12. The Morgan fingerprint density at radius 1 is 1.26 bits per heavy atom. The Balaban J connectivity index is 1.70. The average Bonchev–Trinajstić information content (AvgIpc) is 2.41. The molecule has 0 bridgehead atoms. The van der Waals surface area contributed by atoms with Gasteiger partial charge in [0.1, 0.15) is 5.82 Å². The zero-order valence-corrected chi connectivity index (χ0v) is 14.1. The Morgan fingerprint density at radius 2 is 1.96 bits per heavy atom. The number of halogens is 1. The molecule has 0 radical (unpaired) electrons. The van der Waals surface area contributed by atoms with Gasteiger partial charge >= 0.3 is 0 Å². The molecule has 1 saturated carbocycles. The molecule has 0 unspecified atom stereocenters. The Labute approximate surface area is 137 Å². The van der Waals surface area contributed by atoms with Gasteiger partial charge in [-0.15, -0.1) is 0 Å². The molecule has 1 heterocycles. The quantitative estimate of drug-likeness (QED) is 0.891. The van der Waals surface area contributed by atoms with Crippen LogP contribution in [-0.4, -0.2) is 48.1 Å². The van der Waals surface area contributed by atoms with Crippen LogP contribution in [0.2, 0.25) is 0 Å². The van der Waals surface area contributed by atoms with Crippen LogP contribution in [0.25, 0.3) is 0 Å². The number of nitrogens with zero attached hydrogens (tertiary/aromatic N) is 1.